The zero-order chi connectivity index (χ0) is 17.2. The molecule has 3 aliphatic rings. The fraction of sp³-hybridized carbons (Fsp3) is 0.778. The number of hydrogen-bond acceptors (Lipinski definition) is 5. The number of carbonyl (C=O) groups excluding carboxylic acids is 1. The monoisotopic (exact) mass is 348 g/mol. The van der Waals surface area contributed by atoms with Crippen molar-refractivity contribution >= 4 is 11.7 Å². The number of nitrogens with one attached hydrogen (secondary N) is 1. The number of anilines is 1. The van der Waals surface area contributed by atoms with Crippen molar-refractivity contribution in [2.45, 2.75) is 57.4 Å². The number of nitrogens with zero attached hydrogens (tertiary/aromatic N) is 3. The van der Waals surface area contributed by atoms with Crippen molar-refractivity contribution in [1.29, 1.82) is 0 Å². The lowest BCUT2D eigenvalue weighted by molar-refractivity contribution is -0.127. The fourth-order valence-corrected chi connectivity index (χ4v) is 4.00. The maximum atomic E-state index is 12.6. The van der Waals surface area contributed by atoms with E-state index in [4.69, 9.17) is 9.47 Å². The molecule has 0 bridgehead atoms. The number of piperidine rings is 1. The summed E-state index contributed by atoms with van der Waals surface area (Å²) in [6, 6.07) is 2.40. The van der Waals surface area contributed by atoms with Crippen molar-refractivity contribution in [3.05, 3.63) is 12.3 Å². The van der Waals surface area contributed by atoms with Gasteiger partial charge < -0.3 is 14.8 Å². The Morgan fingerprint density at radius 2 is 2.12 bits per heavy atom. The highest BCUT2D eigenvalue weighted by Crippen LogP contribution is 2.40. The lowest BCUT2D eigenvalue weighted by Gasteiger charge is -2.37. The van der Waals surface area contributed by atoms with Crippen LogP contribution in [0.4, 0.5) is 5.82 Å². The van der Waals surface area contributed by atoms with Crippen molar-refractivity contribution in [3.8, 4) is 0 Å². The molecule has 1 saturated carbocycles. The van der Waals surface area contributed by atoms with Crippen LogP contribution in [0.2, 0.25) is 0 Å². The number of carbonyl (C=O) groups is 1. The molecule has 7 nitrogen and oxygen atoms in total. The molecular weight excluding hydrogens is 320 g/mol. The van der Waals surface area contributed by atoms with Crippen LogP contribution in [-0.4, -0.2) is 59.2 Å². The highest BCUT2D eigenvalue weighted by atomic mass is 16.7. The maximum absolute atomic E-state index is 12.6. The van der Waals surface area contributed by atoms with Crippen LogP contribution in [0.5, 0.6) is 0 Å². The van der Waals surface area contributed by atoms with Gasteiger partial charge in [0.2, 0.25) is 5.91 Å². The van der Waals surface area contributed by atoms with E-state index in [1.54, 1.807) is 6.20 Å². The summed E-state index contributed by atoms with van der Waals surface area (Å²) in [6.45, 7) is 4.77. The molecule has 0 spiro atoms. The first kappa shape index (κ1) is 17.0. The van der Waals surface area contributed by atoms with E-state index >= 15 is 0 Å². The highest BCUT2D eigenvalue weighted by Gasteiger charge is 2.35. The summed E-state index contributed by atoms with van der Waals surface area (Å²) in [6.07, 6.45) is 7.39. The maximum Gasteiger partial charge on any atom is 0.239 e. The Kier molecular flexibility index (Phi) is 5.05. The summed E-state index contributed by atoms with van der Waals surface area (Å²) in [5.41, 5.74) is 0. The predicted molar refractivity (Wildman–Crippen MR) is 93.2 cm³/mol. The zero-order valence-corrected chi connectivity index (χ0v) is 14.9. The fourth-order valence-electron chi connectivity index (χ4n) is 4.00. The number of aromatic nitrogens is 2. The van der Waals surface area contributed by atoms with E-state index in [1.807, 2.05) is 10.7 Å². The van der Waals surface area contributed by atoms with Crippen LogP contribution in [0.25, 0.3) is 0 Å². The van der Waals surface area contributed by atoms with Gasteiger partial charge in [0.1, 0.15) is 5.82 Å². The quantitative estimate of drug-likeness (QED) is 0.852. The van der Waals surface area contributed by atoms with Crippen LogP contribution in [0.1, 0.15) is 45.1 Å². The normalized spacial score (nSPS) is 26.7. The van der Waals surface area contributed by atoms with Crippen molar-refractivity contribution in [3.63, 3.8) is 0 Å². The molecule has 1 aliphatic carbocycles. The van der Waals surface area contributed by atoms with Crippen LogP contribution >= 0.6 is 0 Å². The van der Waals surface area contributed by atoms with Gasteiger partial charge in [0, 0.05) is 6.07 Å². The number of ether oxygens (including phenoxy) is 2. The summed E-state index contributed by atoms with van der Waals surface area (Å²) in [7, 11) is 0. The van der Waals surface area contributed by atoms with Gasteiger partial charge in [-0.1, -0.05) is 6.42 Å². The first-order valence-electron chi connectivity index (χ1n) is 9.53. The van der Waals surface area contributed by atoms with E-state index in [0.717, 1.165) is 31.6 Å². The standard InChI is InChI=1S/C18H28N4O3/c1-13(14-5-6-14)22-16(7-8-19-22)20-17(23)12-21-9-3-2-4-15(21)18-24-10-11-25-18/h7-8,13-15,18H,2-6,9-12H2,1H3,(H,20,23)/t13-,15-/m0/s1. The molecule has 3 heterocycles. The van der Waals surface area contributed by atoms with Crippen LogP contribution in [0, 0.1) is 5.92 Å². The van der Waals surface area contributed by atoms with Gasteiger partial charge in [-0.3, -0.25) is 9.69 Å². The Balaban J connectivity index is 1.37. The molecule has 2 saturated heterocycles. The van der Waals surface area contributed by atoms with Crippen LogP contribution in [0.15, 0.2) is 12.3 Å². The molecule has 1 amide bonds. The first-order chi connectivity index (χ1) is 12.2. The Hall–Kier alpha value is -1.44. The molecule has 1 aromatic rings. The Bertz CT molecular complexity index is 595. The summed E-state index contributed by atoms with van der Waals surface area (Å²) in [5, 5.41) is 7.45. The number of hydrogen-bond donors (Lipinski definition) is 1. The van der Waals surface area contributed by atoms with Crippen LogP contribution in [0.3, 0.4) is 0 Å². The van der Waals surface area contributed by atoms with Crippen LogP contribution < -0.4 is 5.32 Å². The molecule has 1 N–H and O–H groups in total. The van der Waals surface area contributed by atoms with Crippen molar-refractivity contribution in [2.75, 3.05) is 31.6 Å². The molecular formula is C18H28N4O3. The molecule has 0 unspecified atom stereocenters. The Labute approximate surface area is 148 Å². The van der Waals surface area contributed by atoms with Gasteiger partial charge in [-0.05, 0) is 45.1 Å². The van der Waals surface area contributed by atoms with Gasteiger partial charge >= 0.3 is 0 Å². The largest absolute Gasteiger partial charge is 0.349 e. The summed E-state index contributed by atoms with van der Waals surface area (Å²) in [4.78, 5) is 14.8. The average Bonchev–Trinajstić information content (AvgIpc) is 3.13. The van der Waals surface area contributed by atoms with Crippen molar-refractivity contribution < 1.29 is 14.3 Å². The third-order valence-corrected chi connectivity index (χ3v) is 5.60. The minimum Gasteiger partial charge on any atom is -0.349 e. The third-order valence-electron chi connectivity index (χ3n) is 5.60. The van der Waals surface area contributed by atoms with Gasteiger partial charge in [0.05, 0.1) is 38.0 Å². The number of likely N-dealkylation sites (tertiary alicyclic amines) is 1. The van der Waals surface area contributed by atoms with E-state index < -0.39 is 0 Å². The molecule has 1 aromatic heterocycles. The second-order valence-corrected chi connectivity index (χ2v) is 7.43. The smallest absolute Gasteiger partial charge is 0.239 e. The second-order valence-electron chi connectivity index (χ2n) is 7.43. The lowest BCUT2D eigenvalue weighted by Crippen LogP contribution is -2.50. The van der Waals surface area contributed by atoms with Gasteiger partial charge in [-0.15, -0.1) is 0 Å². The Morgan fingerprint density at radius 3 is 2.88 bits per heavy atom. The molecule has 138 valence electrons. The van der Waals surface area contributed by atoms with Crippen molar-refractivity contribution in [2.24, 2.45) is 5.92 Å². The summed E-state index contributed by atoms with van der Waals surface area (Å²) >= 11 is 0. The van der Waals surface area contributed by atoms with Gasteiger partial charge in [0.25, 0.3) is 0 Å². The van der Waals surface area contributed by atoms with E-state index in [0.29, 0.717) is 31.7 Å². The molecule has 0 aromatic carbocycles. The minimum absolute atomic E-state index is 0.00893. The third kappa shape index (κ3) is 3.88. The molecule has 4 rings (SSSR count). The lowest BCUT2D eigenvalue weighted by atomic mass is 10.0. The Morgan fingerprint density at radius 1 is 1.32 bits per heavy atom. The van der Waals surface area contributed by atoms with Gasteiger partial charge in [0.15, 0.2) is 6.29 Å². The molecule has 25 heavy (non-hydrogen) atoms. The minimum atomic E-state index is -0.187. The van der Waals surface area contributed by atoms with Crippen LogP contribution in [-0.2, 0) is 14.3 Å². The average molecular weight is 348 g/mol. The van der Waals surface area contributed by atoms with E-state index in [-0.39, 0.29) is 18.2 Å². The van der Waals surface area contributed by atoms with Crippen molar-refractivity contribution in [1.82, 2.24) is 14.7 Å². The zero-order valence-electron chi connectivity index (χ0n) is 14.9. The molecule has 2 aliphatic heterocycles. The van der Waals surface area contributed by atoms with E-state index in [1.165, 1.54) is 12.8 Å². The van der Waals surface area contributed by atoms with E-state index in [9.17, 15) is 4.79 Å². The molecule has 3 fully saturated rings. The number of rotatable bonds is 6. The second kappa shape index (κ2) is 7.43. The first-order valence-corrected chi connectivity index (χ1v) is 9.53. The summed E-state index contributed by atoms with van der Waals surface area (Å²) < 4.78 is 13.3. The topological polar surface area (TPSA) is 68.6 Å². The predicted octanol–water partition coefficient (Wildman–Crippen LogP) is 2.02. The molecule has 0 radical (unpaired) electrons. The van der Waals surface area contributed by atoms with Gasteiger partial charge in [-0.25, -0.2) is 4.68 Å². The molecule has 2 atom stereocenters. The number of amides is 1. The van der Waals surface area contributed by atoms with Gasteiger partial charge in [-0.2, -0.15) is 5.10 Å². The summed E-state index contributed by atoms with van der Waals surface area (Å²) in [5.74, 6) is 1.50. The molecule has 7 heteroatoms. The van der Waals surface area contributed by atoms with E-state index in [2.05, 4.69) is 22.2 Å². The highest BCUT2D eigenvalue weighted by molar-refractivity contribution is 5.91. The SMILES string of the molecule is C[C@@H](C1CC1)n1nccc1NC(=O)CN1CCCC[C@H]1C1OCCO1.